The van der Waals surface area contributed by atoms with Gasteiger partial charge in [0.25, 0.3) is 0 Å². The second-order valence-corrected chi connectivity index (χ2v) is 11.5. The zero-order valence-electron chi connectivity index (χ0n) is 22.8. The number of nitrogens with one attached hydrogen (secondary N) is 1. The van der Waals surface area contributed by atoms with Crippen LogP contribution in [0.5, 0.6) is 0 Å². The molecule has 0 saturated carbocycles. The summed E-state index contributed by atoms with van der Waals surface area (Å²) in [5.41, 5.74) is 9.94. The van der Waals surface area contributed by atoms with Crippen LogP contribution in [0.1, 0.15) is 50.6 Å². The molecule has 0 bridgehead atoms. The Labute approximate surface area is 238 Å². The molecule has 1 N–H and O–H groups in total. The normalized spacial score (nSPS) is 13.9. The Bertz CT molecular complexity index is 1600. The molecule has 5 aromatic rings. The molecule has 1 aliphatic heterocycles. The second-order valence-electron chi connectivity index (χ2n) is 10.6. The number of anilines is 1. The Hall–Kier alpha value is -3.83. The van der Waals surface area contributed by atoms with Gasteiger partial charge in [0.2, 0.25) is 5.91 Å². The predicted molar refractivity (Wildman–Crippen MR) is 162 cm³/mol. The molecule has 0 atom stereocenters. The molecule has 3 aromatic carbocycles. The first-order chi connectivity index (χ1) is 18.8. The molecule has 1 amide bonds. The van der Waals surface area contributed by atoms with Gasteiger partial charge in [-0.3, -0.25) is 4.79 Å². The summed E-state index contributed by atoms with van der Waals surface area (Å²) in [6.45, 7) is 10.1. The average molecular weight is 579 g/mol. The number of halogens is 1. The summed E-state index contributed by atoms with van der Waals surface area (Å²) in [6, 6.07) is 31.6. The van der Waals surface area contributed by atoms with Crippen LogP contribution in [0, 0.1) is 27.7 Å². The van der Waals surface area contributed by atoms with Gasteiger partial charge in [0.05, 0.1) is 0 Å². The Kier molecular flexibility index (Phi) is 6.35. The van der Waals surface area contributed by atoms with Gasteiger partial charge in [0.15, 0.2) is 0 Å². The van der Waals surface area contributed by atoms with Crippen LogP contribution in [0.25, 0.3) is 0 Å². The molecule has 0 saturated heterocycles. The van der Waals surface area contributed by atoms with E-state index in [9.17, 15) is 4.79 Å². The maximum absolute atomic E-state index is 14.4. The first kappa shape index (κ1) is 25.4. The number of carbonyl (C=O) groups excluding carboxylic acids is 1. The number of amides is 1. The van der Waals surface area contributed by atoms with Gasteiger partial charge in [-0.1, -0.05) is 82.7 Å². The Morgan fingerprint density at radius 1 is 0.667 bits per heavy atom. The first-order valence-electron chi connectivity index (χ1n) is 13.3. The SMILES string of the molecule is Cc1cc(C2(c3cc(C)n(Cc4ccccc4)c3C)C(=O)Nc3cc(Br)ccc32)c(C)n1Cc1ccccc1. The Balaban J connectivity index is 1.59. The zero-order valence-corrected chi connectivity index (χ0v) is 24.3. The standard InChI is InChI=1S/C34H32BrN3O/c1-22-17-30(24(3)37(22)20-26-11-7-5-8-12-26)34(29-16-15-28(35)19-32(29)36-33(34)39)31-18-23(2)38(25(31)4)21-27-13-9-6-10-14-27/h5-19H,20-21H2,1-4H3,(H,36,39). The summed E-state index contributed by atoms with van der Waals surface area (Å²) in [6.07, 6.45) is 0. The van der Waals surface area contributed by atoms with Gasteiger partial charge in [-0.2, -0.15) is 0 Å². The molecule has 6 rings (SSSR count). The molecule has 2 aromatic heterocycles. The smallest absolute Gasteiger partial charge is 0.244 e. The van der Waals surface area contributed by atoms with Crippen molar-refractivity contribution in [3.8, 4) is 0 Å². The number of fused-ring (bicyclic) bond motifs is 1. The lowest BCUT2D eigenvalue weighted by molar-refractivity contribution is -0.118. The van der Waals surface area contributed by atoms with E-state index in [1.54, 1.807) is 0 Å². The van der Waals surface area contributed by atoms with Crippen molar-refractivity contribution in [2.24, 2.45) is 0 Å². The van der Waals surface area contributed by atoms with Crippen LogP contribution in [-0.4, -0.2) is 15.0 Å². The van der Waals surface area contributed by atoms with Crippen molar-refractivity contribution in [3.05, 3.63) is 146 Å². The van der Waals surface area contributed by atoms with Gasteiger partial charge in [0, 0.05) is 51.6 Å². The van der Waals surface area contributed by atoms with Crippen LogP contribution in [0.15, 0.2) is 95.5 Å². The highest BCUT2D eigenvalue weighted by Crippen LogP contribution is 2.51. The molecule has 1 aliphatic rings. The van der Waals surface area contributed by atoms with Crippen LogP contribution in [0.3, 0.4) is 0 Å². The summed E-state index contributed by atoms with van der Waals surface area (Å²) in [5, 5.41) is 3.25. The number of carbonyl (C=O) groups is 1. The van der Waals surface area contributed by atoms with Crippen molar-refractivity contribution in [2.45, 2.75) is 46.2 Å². The lowest BCUT2D eigenvalue weighted by Crippen LogP contribution is -2.38. The molecule has 0 radical (unpaired) electrons. The topological polar surface area (TPSA) is 39.0 Å². The summed E-state index contributed by atoms with van der Waals surface area (Å²) in [7, 11) is 0. The highest BCUT2D eigenvalue weighted by atomic mass is 79.9. The number of hydrogen-bond acceptors (Lipinski definition) is 1. The summed E-state index contributed by atoms with van der Waals surface area (Å²) in [5.74, 6) is -0.00415. The van der Waals surface area contributed by atoms with Gasteiger partial charge in [0.1, 0.15) is 5.41 Å². The fourth-order valence-corrected chi connectivity index (χ4v) is 6.71. The number of aromatic nitrogens is 2. The first-order valence-corrected chi connectivity index (χ1v) is 14.1. The van der Waals surface area contributed by atoms with Gasteiger partial charge in [-0.15, -0.1) is 0 Å². The van der Waals surface area contributed by atoms with Gasteiger partial charge in [-0.05, 0) is 74.2 Å². The maximum Gasteiger partial charge on any atom is 0.244 e. The molecule has 39 heavy (non-hydrogen) atoms. The highest BCUT2D eigenvalue weighted by molar-refractivity contribution is 9.10. The number of aryl methyl sites for hydroxylation is 2. The molecule has 0 fully saturated rings. The third-order valence-electron chi connectivity index (χ3n) is 8.30. The molecule has 0 unspecified atom stereocenters. The zero-order chi connectivity index (χ0) is 27.3. The minimum Gasteiger partial charge on any atom is -0.344 e. The lowest BCUT2D eigenvalue weighted by atomic mass is 9.70. The molecule has 0 aliphatic carbocycles. The Morgan fingerprint density at radius 3 is 1.64 bits per heavy atom. The third-order valence-corrected chi connectivity index (χ3v) is 8.79. The minimum absolute atomic E-state index is 0.00415. The molecular formula is C34H32BrN3O. The van der Waals surface area contributed by atoms with E-state index >= 15 is 0 Å². The highest BCUT2D eigenvalue weighted by Gasteiger charge is 2.53. The van der Waals surface area contributed by atoms with E-state index in [1.165, 1.54) is 11.1 Å². The molecular weight excluding hydrogens is 546 g/mol. The van der Waals surface area contributed by atoms with Crippen LogP contribution in [0.2, 0.25) is 0 Å². The van der Waals surface area contributed by atoms with Crippen molar-refractivity contribution >= 4 is 27.5 Å². The van der Waals surface area contributed by atoms with Gasteiger partial charge < -0.3 is 14.5 Å². The van der Waals surface area contributed by atoms with E-state index in [-0.39, 0.29) is 5.91 Å². The molecule has 196 valence electrons. The van der Waals surface area contributed by atoms with E-state index < -0.39 is 5.41 Å². The van der Waals surface area contributed by atoms with Crippen molar-refractivity contribution in [1.29, 1.82) is 0 Å². The molecule has 0 spiro atoms. The van der Waals surface area contributed by atoms with Crippen LogP contribution in [-0.2, 0) is 23.3 Å². The average Bonchev–Trinajstić information content (AvgIpc) is 3.49. The number of benzene rings is 3. The quantitative estimate of drug-likeness (QED) is 0.221. The van der Waals surface area contributed by atoms with Crippen molar-refractivity contribution in [2.75, 3.05) is 5.32 Å². The van der Waals surface area contributed by atoms with Crippen LogP contribution in [0.4, 0.5) is 5.69 Å². The molecule has 5 heteroatoms. The van der Waals surface area contributed by atoms with Gasteiger partial charge >= 0.3 is 0 Å². The largest absolute Gasteiger partial charge is 0.344 e. The molecule has 3 heterocycles. The van der Waals surface area contributed by atoms with Crippen LogP contribution >= 0.6 is 15.9 Å². The third kappa shape index (κ3) is 4.07. The second kappa shape index (κ2) is 9.73. The van der Waals surface area contributed by atoms with Crippen molar-refractivity contribution in [1.82, 2.24) is 9.13 Å². The number of hydrogen-bond donors (Lipinski definition) is 1. The van der Waals surface area contributed by atoms with E-state index in [0.717, 1.165) is 62.7 Å². The van der Waals surface area contributed by atoms with E-state index in [1.807, 2.05) is 24.3 Å². The van der Waals surface area contributed by atoms with E-state index in [0.29, 0.717) is 0 Å². The van der Waals surface area contributed by atoms with Crippen molar-refractivity contribution < 1.29 is 4.79 Å². The van der Waals surface area contributed by atoms with E-state index in [4.69, 9.17) is 0 Å². The van der Waals surface area contributed by atoms with Gasteiger partial charge in [-0.25, -0.2) is 0 Å². The molecule has 4 nitrogen and oxygen atoms in total. The fourth-order valence-electron chi connectivity index (χ4n) is 6.35. The Morgan fingerprint density at radius 2 is 1.15 bits per heavy atom. The van der Waals surface area contributed by atoms with Crippen molar-refractivity contribution in [3.63, 3.8) is 0 Å². The lowest BCUT2D eigenvalue weighted by Gasteiger charge is -2.29. The summed E-state index contributed by atoms with van der Waals surface area (Å²) < 4.78 is 5.61. The van der Waals surface area contributed by atoms with E-state index in [2.05, 4.69) is 125 Å². The predicted octanol–water partition coefficient (Wildman–Crippen LogP) is 7.67. The van der Waals surface area contributed by atoms with Crippen LogP contribution < -0.4 is 5.32 Å². The summed E-state index contributed by atoms with van der Waals surface area (Å²) >= 11 is 3.61. The monoisotopic (exact) mass is 577 g/mol. The minimum atomic E-state index is -0.955. The number of nitrogens with zero attached hydrogens (tertiary/aromatic N) is 2. The maximum atomic E-state index is 14.4. The summed E-state index contributed by atoms with van der Waals surface area (Å²) in [4.78, 5) is 14.4. The fraction of sp³-hybridized carbons (Fsp3) is 0.206. The number of rotatable bonds is 6.